The molecule has 12 heteroatoms. The number of hydrogen-bond acceptors (Lipinski definition) is 10. The highest BCUT2D eigenvalue weighted by Gasteiger charge is 2.27. The average Bonchev–Trinajstić information content (AvgIpc) is 3.14. The monoisotopic (exact) mass is 775 g/mol. The van der Waals surface area contributed by atoms with Crippen LogP contribution in [0.4, 0.5) is 0 Å². The summed E-state index contributed by atoms with van der Waals surface area (Å²) in [6.07, 6.45) is 28.4. The smallest absolute Gasteiger partial charge is 0.462 e. The lowest BCUT2D eigenvalue weighted by Crippen LogP contribution is -2.29. The van der Waals surface area contributed by atoms with Crippen LogP contribution in [0.25, 0.3) is 0 Å². The highest BCUT2D eigenvalue weighted by Crippen LogP contribution is 2.43. The highest BCUT2D eigenvalue weighted by atomic mass is 31.2. The molecule has 310 valence electrons. The van der Waals surface area contributed by atoms with E-state index in [4.69, 9.17) is 19.1 Å². The summed E-state index contributed by atoms with van der Waals surface area (Å²) in [4.78, 5) is 46.6. The molecule has 0 aliphatic carbocycles. The van der Waals surface area contributed by atoms with Crippen molar-refractivity contribution in [1.29, 1.82) is 0 Å². The van der Waals surface area contributed by atoms with E-state index in [0.29, 0.717) is 19.3 Å². The molecule has 0 fully saturated rings. The van der Waals surface area contributed by atoms with Gasteiger partial charge in [0.1, 0.15) is 12.7 Å². The number of ether oxygens (including phenoxy) is 2. The first-order valence-corrected chi connectivity index (χ1v) is 22.1. The fourth-order valence-electron chi connectivity index (χ4n) is 5.48. The largest absolute Gasteiger partial charge is 0.472 e. The van der Waals surface area contributed by atoms with Crippen molar-refractivity contribution in [3.8, 4) is 0 Å². The molecular weight excluding hydrogens is 699 g/mol. The van der Waals surface area contributed by atoms with Gasteiger partial charge >= 0.3 is 19.8 Å². The minimum atomic E-state index is -4.63. The Bertz CT molecular complexity index is 1020. The third-order valence-corrected chi connectivity index (χ3v) is 10.1. The predicted molar refractivity (Wildman–Crippen MR) is 210 cm³/mol. The number of phosphoric ester groups is 1. The van der Waals surface area contributed by atoms with Gasteiger partial charge in [0.2, 0.25) is 0 Å². The zero-order valence-corrected chi connectivity index (χ0v) is 34.3. The molecule has 0 spiro atoms. The van der Waals surface area contributed by atoms with Crippen molar-refractivity contribution >= 4 is 25.5 Å². The fourth-order valence-corrected chi connectivity index (χ4v) is 6.27. The van der Waals surface area contributed by atoms with Crippen LogP contribution in [-0.2, 0) is 37.5 Å². The van der Waals surface area contributed by atoms with Gasteiger partial charge in [0.25, 0.3) is 0 Å². The number of esters is 2. The van der Waals surface area contributed by atoms with Crippen molar-refractivity contribution in [1.82, 2.24) is 0 Å². The van der Waals surface area contributed by atoms with E-state index in [1.54, 1.807) is 12.2 Å². The van der Waals surface area contributed by atoms with Gasteiger partial charge in [0.05, 0.1) is 19.8 Å². The van der Waals surface area contributed by atoms with E-state index in [0.717, 1.165) is 76.5 Å². The molecule has 0 bridgehead atoms. The van der Waals surface area contributed by atoms with E-state index in [-0.39, 0.29) is 25.2 Å². The van der Waals surface area contributed by atoms with Crippen LogP contribution in [0.2, 0.25) is 0 Å². The number of phosphoric acid groups is 1. The van der Waals surface area contributed by atoms with Crippen molar-refractivity contribution in [2.24, 2.45) is 5.92 Å². The minimum absolute atomic E-state index is 0.135. The molecule has 3 N–H and O–H groups in total. The Balaban J connectivity index is 4.40. The average molecular weight is 775 g/mol. The summed E-state index contributed by atoms with van der Waals surface area (Å²) < 4.78 is 32.6. The molecule has 2 unspecified atom stereocenters. The first kappa shape index (κ1) is 51.1. The molecule has 0 amide bonds. The van der Waals surface area contributed by atoms with Crippen LogP contribution in [0.3, 0.4) is 0 Å². The number of aliphatic hydroxyl groups excluding tert-OH is 2. The molecule has 0 heterocycles. The number of allylic oxidation sites excluding steroid dienone is 4. The second-order valence-corrected chi connectivity index (χ2v) is 15.7. The van der Waals surface area contributed by atoms with Crippen LogP contribution in [0.15, 0.2) is 24.3 Å². The molecule has 0 rings (SSSR count). The molecule has 4 atom stereocenters. The lowest BCUT2D eigenvalue weighted by atomic mass is 9.99. The van der Waals surface area contributed by atoms with Crippen LogP contribution in [0.1, 0.15) is 175 Å². The molecule has 11 nitrogen and oxygen atoms in total. The summed E-state index contributed by atoms with van der Waals surface area (Å²) in [6, 6.07) is 0. The molecule has 0 aromatic carbocycles. The number of aliphatic hydroxyl groups is 2. The first-order chi connectivity index (χ1) is 25.5. The van der Waals surface area contributed by atoms with Crippen LogP contribution < -0.4 is 0 Å². The number of carbonyl (C=O) groups is 3. The van der Waals surface area contributed by atoms with Crippen LogP contribution in [0.5, 0.6) is 0 Å². The van der Waals surface area contributed by atoms with Crippen molar-refractivity contribution < 1.29 is 52.6 Å². The van der Waals surface area contributed by atoms with Gasteiger partial charge in [-0.15, -0.1) is 0 Å². The summed E-state index contributed by atoms with van der Waals surface area (Å²) in [5, 5.41) is 18.3. The topological polar surface area (TPSA) is 166 Å². The second kappa shape index (κ2) is 35.8. The zero-order chi connectivity index (χ0) is 39.4. The molecule has 0 aromatic heterocycles. The normalized spacial score (nSPS) is 14.7. The Morgan fingerprint density at radius 2 is 1.23 bits per heavy atom. The van der Waals surface area contributed by atoms with Gasteiger partial charge in [0, 0.05) is 19.3 Å². The molecular formula is C41H75O11P. The number of rotatable bonds is 38. The van der Waals surface area contributed by atoms with Gasteiger partial charge in [-0.05, 0) is 44.1 Å². The van der Waals surface area contributed by atoms with Crippen LogP contribution in [0, 0.1) is 5.92 Å². The van der Waals surface area contributed by atoms with Crippen molar-refractivity contribution in [2.75, 3.05) is 26.4 Å². The Morgan fingerprint density at radius 1 is 0.679 bits per heavy atom. The molecule has 0 aromatic rings. The Morgan fingerprint density at radius 3 is 1.83 bits per heavy atom. The Hall–Kier alpha value is -1.88. The van der Waals surface area contributed by atoms with Gasteiger partial charge < -0.3 is 24.6 Å². The third-order valence-electron chi connectivity index (χ3n) is 9.13. The summed E-state index contributed by atoms with van der Waals surface area (Å²) in [5.74, 6) is 0.0130. The van der Waals surface area contributed by atoms with E-state index in [9.17, 15) is 28.9 Å². The standard InChI is InChI=1S/C41H75O11P/c1-4-6-22-28-37(43)29-24-19-15-11-9-13-17-21-26-31-41(46)52-39(35-51-53(47,48)50-33-38(44)32-42)34-49-40(45)30-25-20-16-12-8-7-10-14-18-23-27-36(3)5-2/h15,19,24,29,36,38-39,42,44H,4-14,16-18,20-23,25-28,30-35H2,1-3H3,(H,47,48)/b19-15-,29-24+/t36?,38-,39+/m0/s1. The van der Waals surface area contributed by atoms with Crippen molar-refractivity contribution in [3.05, 3.63) is 24.3 Å². The van der Waals surface area contributed by atoms with E-state index >= 15 is 0 Å². The van der Waals surface area contributed by atoms with Gasteiger partial charge in [-0.25, -0.2) is 4.57 Å². The molecule has 0 radical (unpaired) electrons. The quantitative estimate of drug-likeness (QED) is 0.0180. The summed E-state index contributed by atoms with van der Waals surface area (Å²) in [6.45, 7) is 4.50. The lowest BCUT2D eigenvalue weighted by Gasteiger charge is -2.20. The fraction of sp³-hybridized carbons (Fsp3) is 0.829. The molecule has 0 aliphatic rings. The van der Waals surface area contributed by atoms with E-state index in [1.165, 1.54) is 51.4 Å². The maximum absolute atomic E-state index is 12.6. The first-order valence-electron chi connectivity index (χ1n) is 20.6. The van der Waals surface area contributed by atoms with E-state index < -0.39 is 51.8 Å². The predicted octanol–water partition coefficient (Wildman–Crippen LogP) is 9.65. The Labute approximate surface area is 321 Å². The summed E-state index contributed by atoms with van der Waals surface area (Å²) in [7, 11) is -4.63. The van der Waals surface area contributed by atoms with Crippen LogP contribution >= 0.6 is 7.82 Å². The Kier molecular flexibility index (Phi) is 34.5. The van der Waals surface area contributed by atoms with Crippen LogP contribution in [-0.4, -0.2) is 71.5 Å². The zero-order valence-electron chi connectivity index (χ0n) is 33.4. The van der Waals surface area contributed by atoms with Gasteiger partial charge in [-0.3, -0.25) is 23.4 Å². The minimum Gasteiger partial charge on any atom is -0.462 e. The maximum atomic E-state index is 12.6. The summed E-state index contributed by atoms with van der Waals surface area (Å²) in [5.41, 5.74) is 0. The van der Waals surface area contributed by atoms with Gasteiger partial charge in [-0.2, -0.15) is 0 Å². The van der Waals surface area contributed by atoms with Crippen molar-refractivity contribution in [2.45, 2.75) is 187 Å². The number of carbonyl (C=O) groups excluding carboxylic acids is 3. The summed E-state index contributed by atoms with van der Waals surface area (Å²) >= 11 is 0. The lowest BCUT2D eigenvalue weighted by molar-refractivity contribution is -0.161. The van der Waals surface area contributed by atoms with Crippen molar-refractivity contribution in [3.63, 3.8) is 0 Å². The molecule has 53 heavy (non-hydrogen) atoms. The third kappa shape index (κ3) is 35.6. The highest BCUT2D eigenvalue weighted by molar-refractivity contribution is 7.47. The maximum Gasteiger partial charge on any atom is 0.472 e. The number of unbranched alkanes of at least 4 members (excludes halogenated alkanes) is 16. The van der Waals surface area contributed by atoms with E-state index in [2.05, 4.69) is 25.3 Å². The number of ketones is 1. The molecule has 0 saturated heterocycles. The molecule has 0 aliphatic heterocycles. The molecule has 0 saturated carbocycles. The SMILES string of the molecule is CCCCCC(=O)/C=C/C=C\CCCCCCCC(=O)O[C@H](COC(=O)CCCCCCCCCCCCC(C)CC)COP(=O)(O)OC[C@@H](O)CO. The van der Waals surface area contributed by atoms with Gasteiger partial charge in [-0.1, -0.05) is 142 Å². The second-order valence-electron chi connectivity index (χ2n) is 14.3. The van der Waals surface area contributed by atoms with E-state index in [1.807, 2.05) is 12.2 Å². The number of hydrogen-bond donors (Lipinski definition) is 3. The van der Waals surface area contributed by atoms with Gasteiger partial charge in [0.15, 0.2) is 11.9 Å².